The average Bonchev–Trinajstić information content (AvgIpc) is 2.37. The molecule has 0 amide bonds. The first-order valence-electron chi connectivity index (χ1n) is 5.47. The molecule has 4 heteroatoms. The Morgan fingerprint density at radius 2 is 2.22 bits per heavy atom. The zero-order valence-electron chi connectivity index (χ0n) is 9.84. The summed E-state index contributed by atoms with van der Waals surface area (Å²) in [5.41, 5.74) is 0.876. The minimum Gasteiger partial charge on any atom is -0.478 e. The molecule has 2 rings (SSSR count). The molecule has 18 heavy (non-hydrogen) atoms. The number of carbonyl (C=O) groups is 1. The van der Waals surface area contributed by atoms with Gasteiger partial charge in [0.2, 0.25) is 0 Å². The predicted molar refractivity (Wildman–Crippen MR) is 70.6 cm³/mol. The number of nitrogens with one attached hydrogen (secondary N) is 1. The van der Waals surface area contributed by atoms with E-state index in [0.717, 1.165) is 0 Å². The first kappa shape index (κ1) is 11.9. The normalized spacial score (nSPS) is 11.8. The van der Waals surface area contributed by atoms with Gasteiger partial charge in [0.25, 0.3) is 0 Å². The molecule has 1 aromatic carbocycles. The van der Waals surface area contributed by atoms with Gasteiger partial charge in [-0.05, 0) is 31.2 Å². The summed E-state index contributed by atoms with van der Waals surface area (Å²) in [7, 11) is 0. The zero-order valence-corrected chi connectivity index (χ0v) is 9.84. The monoisotopic (exact) mass is 240 g/mol. The molecule has 1 atom stereocenters. The first-order chi connectivity index (χ1) is 8.61. The van der Waals surface area contributed by atoms with E-state index in [-0.39, 0.29) is 11.6 Å². The highest BCUT2D eigenvalue weighted by atomic mass is 16.4. The van der Waals surface area contributed by atoms with E-state index in [4.69, 9.17) is 11.5 Å². The maximum atomic E-state index is 11.1. The predicted octanol–water partition coefficient (Wildman–Crippen LogP) is 2.37. The molecular weight excluding hydrogens is 228 g/mol. The van der Waals surface area contributed by atoms with Crippen molar-refractivity contribution in [1.29, 1.82) is 0 Å². The molecule has 1 heterocycles. The summed E-state index contributed by atoms with van der Waals surface area (Å²) in [6.07, 6.45) is 5.28. The number of anilines is 1. The van der Waals surface area contributed by atoms with Gasteiger partial charge in [-0.2, -0.15) is 0 Å². The van der Waals surface area contributed by atoms with Gasteiger partial charge in [0.1, 0.15) is 5.82 Å². The zero-order chi connectivity index (χ0) is 13.1. The van der Waals surface area contributed by atoms with Crippen molar-refractivity contribution in [1.82, 2.24) is 4.98 Å². The van der Waals surface area contributed by atoms with Crippen LogP contribution in [-0.2, 0) is 0 Å². The molecule has 0 saturated heterocycles. The maximum absolute atomic E-state index is 11.1. The summed E-state index contributed by atoms with van der Waals surface area (Å²) in [5, 5.41) is 12.7. The Labute approximate surface area is 105 Å². The third kappa shape index (κ3) is 2.25. The Kier molecular flexibility index (Phi) is 3.16. The van der Waals surface area contributed by atoms with Gasteiger partial charge in [-0.1, -0.05) is 12.0 Å². The van der Waals surface area contributed by atoms with E-state index in [9.17, 15) is 4.79 Å². The SMILES string of the molecule is C#CC(C)Nc1ccc2c(C(=O)O)cccc2n1. The van der Waals surface area contributed by atoms with Crippen LogP contribution >= 0.6 is 0 Å². The molecule has 0 bridgehead atoms. The molecule has 0 radical (unpaired) electrons. The van der Waals surface area contributed by atoms with Crippen molar-refractivity contribution in [2.24, 2.45) is 0 Å². The largest absolute Gasteiger partial charge is 0.478 e. The molecule has 2 N–H and O–H groups in total. The Bertz CT molecular complexity index is 644. The third-order valence-corrected chi connectivity index (χ3v) is 2.58. The fraction of sp³-hybridized carbons (Fsp3) is 0.143. The topological polar surface area (TPSA) is 62.2 Å². The lowest BCUT2D eigenvalue weighted by Gasteiger charge is -2.09. The summed E-state index contributed by atoms with van der Waals surface area (Å²) in [5.74, 6) is 2.22. The van der Waals surface area contributed by atoms with E-state index in [1.807, 2.05) is 6.92 Å². The minimum absolute atomic E-state index is 0.127. The van der Waals surface area contributed by atoms with E-state index < -0.39 is 5.97 Å². The Balaban J connectivity index is 2.48. The maximum Gasteiger partial charge on any atom is 0.336 e. The highest BCUT2D eigenvalue weighted by Gasteiger charge is 2.09. The number of fused-ring (bicyclic) bond motifs is 1. The van der Waals surface area contributed by atoms with Crippen LogP contribution in [0.15, 0.2) is 30.3 Å². The average molecular weight is 240 g/mol. The summed E-state index contributed by atoms with van der Waals surface area (Å²) in [6.45, 7) is 1.85. The Morgan fingerprint density at radius 1 is 1.44 bits per heavy atom. The third-order valence-electron chi connectivity index (χ3n) is 2.58. The van der Waals surface area contributed by atoms with Gasteiger partial charge in [-0.15, -0.1) is 6.42 Å². The van der Waals surface area contributed by atoms with Gasteiger partial charge >= 0.3 is 5.97 Å². The van der Waals surface area contributed by atoms with Crippen molar-refractivity contribution in [3.05, 3.63) is 35.9 Å². The van der Waals surface area contributed by atoms with Crippen molar-refractivity contribution in [2.45, 2.75) is 13.0 Å². The molecule has 0 fully saturated rings. The number of rotatable bonds is 3. The molecule has 1 aromatic heterocycles. The van der Waals surface area contributed by atoms with Crippen molar-refractivity contribution < 1.29 is 9.90 Å². The molecule has 90 valence electrons. The van der Waals surface area contributed by atoms with Gasteiger partial charge in [0.05, 0.1) is 17.1 Å². The second-order valence-electron chi connectivity index (χ2n) is 3.91. The first-order valence-corrected chi connectivity index (χ1v) is 5.47. The summed E-state index contributed by atoms with van der Waals surface area (Å²) in [4.78, 5) is 15.4. The van der Waals surface area contributed by atoms with Crippen LogP contribution in [0.1, 0.15) is 17.3 Å². The number of carboxylic acids is 1. The molecule has 1 unspecified atom stereocenters. The summed E-state index contributed by atoms with van der Waals surface area (Å²) < 4.78 is 0. The number of hydrogen-bond donors (Lipinski definition) is 2. The Morgan fingerprint density at radius 3 is 2.89 bits per heavy atom. The molecule has 0 spiro atoms. The standard InChI is InChI=1S/C14H12N2O2/c1-3-9(2)15-13-8-7-10-11(14(17)18)5-4-6-12(10)16-13/h1,4-9H,2H3,(H,15,16)(H,17,18). The lowest BCUT2D eigenvalue weighted by molar-refractivity contribution is 0.0699. The van der Waals surface area contributed by atoms with Crippen LogP contribution in [0.2, 0.25) is 0 Å². The fourth-order valence-electron chi connectivity index (χ4n) is 1.69. The van der Waals surface area contributed by atoms with Gasteiger partial charge in [0.15, 0.2) is 0 Å². The van der Waals surface area contributed by atoms with Gasteiger partial charge in [0, 0.05) is 5.39 Å². The van der Waals surface area contributed by atoms with E-state index in [0.29, 0.717) is 16.7 Å². The van der Waals surface area contributed by atoms with Gasteiger partial charge < -0.3 is 10.4 Å². The number of hydrogen-bond acceptors (Lipinski definition) is 3. The van der Waals surface area contributed by atoms with Gasteiger partial charge in [-0.3, -0.25) is 0 Å². The molecule has 0 saturated carbocycles. The molecule has 0 aliphatic heterocycles. The lowest BCUT2D eigenvalue weighted by atomic mass is 10.1. The minimum atomic E-state index is -0.958. The molecule has 2 aromatic rings. The highest BCUT2D eigenvalue weighted by Crippen LogP contribution is 2.19. The summed E-state index contributed by atoms with van der Waals surface area (Å²) >= 11 is 0. The van der Waals surface area contributed by atoms with Crippen LogP contribution in [0.3, 0.4) is 0 Å². The summed E-state index contributed by atoms with van der Waals surface area (Å²) in [6, 6.07) is 8.34. The van der Waals surface area contributed by atoms with Crippen molar-refractivity contribution >= 4 is 22.7 Å². The molecule has 0 aliphatic rings. The van der Waals surface area contributed by atoms with Crippen molar-refractivity contribution in [2.75, 3.05) is 5.32 Å². The van der Waals surface area contributed by atoms with Crippen LogP contribution in [0.4, 0.5) is 5.82 Å². The van der Waals surface area contributed by atoms with E-state index >= 15 is 0 Å². The van der Waals surface area contributed by atoms with Crippen LogP contribution in [0.25, 0.3) is 10.9 Å². The number of nitrogens with zero attached hydrogens (tertiary/aromatic N) is 1. The number of benzene rings is 1. The quantitative estimate of drug-likeness (QED) is 0.808. The van der Waals surface area contributed by atoms with Crippen molar-refractivity contribution in [3.8, 4) is 12.3 Å². The fourth-order valence-corrected chi connectivity index (χ4v) is 1.69. The number of aromatic nitrogens is 1. The number of terminal acetylenes is 1. The lowest BCUT2D eigenvalue weighted by Crippen LogP contribution is -2.13. The van der Waals surface area contributed by atoms with E-state index in [2.05, 4.69) is 16.2 Å². The van der Waals surface area contributed by atoms with Crippen molar-refractivity contribution in [3.63, 3.8) is 0 Å². The van der Waals surface area contributed by atoms with E-state index in [1.54, 1.807) is 30.3 Å². The molecular formula is C14H12N2O2. The smallest absolute Gasteiger partial charge is 0.336 e. The number of aromatic carboxylic acids is 1. The number of carboxylic acid groups (broad SMARTS) is 1. The van der Waals surface area contributed by atoms with Crippen LogP contribution in [0, 0.1) is 12.3 Å². The highest BCUT2D eigenvalue weighted by molar-refractivity contribution is 6.02. The van der Waals surface area contributed by atoms with Crippen LogP contribution in [0.5, 0.6) is 0 Å². The number of pyridine rings is 1. The van der Waals surface area contributed by atoms with Gasteiger partial charge in [-0.25, -0.2) is 9.78 Å². The van der Waals surface area contributed by atoms with E-state index in [1.165, 1.54) is 0 Å². The second kappa shape index (κ2) is 4.76. The Hall–Kier alpha value is -2.54. The molecule has 4 nitrogen and oxygen atoms in total. The second-order valence-corrected chi connectivity index (χ2v) is 3.91. The molecule has 0 aliphatic carbocycles. The van der Waals surface area contributed by atoms with Crippen LogP contribution in [-0.4, -0.2) is 22.1 Å². The van der Waals surface area contributed by atoms with Crippen LogP contribution < -0.4 is 5.32 Å².